The molecule has 0 atom stereocenters. The fourth-order valence-corrected chi connectivity index (χ4v) is 3.88. The lowest BCUT2D eigenvalue weighted by Crippen LogP contribution is -2.26. The van der Waals surface area contributed by atoms with E-state index in [0.717, 1.165) is 28.2 Å². The van der Waals surface area contributed by atoms with E-state index in [1.165, 1.54) is 25.7 Å². The molecule has 4 aromatic heterocycles. The third kappa shape index (κ3) is 2.71. The van der Waals surface area contributed by atoms with Crippen LogP contribution in [0.1, 0.15) is 32.6 Å². The van der Waals surface area contributed by atoms with Crippen molar-refractivity contribution in [1.29, 1.82) is 0 Å². The lowest BCUT2D eigenvalue weighted by Gasteiger charge is -2.26. The lowest BCUT2D eigenvalue weighted by atomic mass is 9.87. The van der Waals surface area contributed by atoms with Crippen LogP contribution in [0.5, 0.6) is 0 Å². The van der Waals surface area contributed by atoms with Crippen LogP contribution in [0.3, 0.4) is 0 Å². The zero-order chi connectivity index (χ0) is 17.5. The maximum absolute atomic E-state index is 4.66. The number of nitrogens with zero attached hydrogens (tertiary/aromatic N) is 5. The number of fused-ring (bicyclic) bond motifs is 2. The molecule has 0 saturated heterocycles. The second-order valence-corrected chi connectivity index (χ2v) is 7.35. The zero-order valence-corrected chi connectivity index (χ0v) is 14.8. The second-order valence-electron chi connectivity index (χ2n) is 7.35. The Balaban J connectivity index is 1.44. The van der Waals surface area contributed by atoms with E-state index in [4.69, 9.17) is 0 Å². The van der Waals surface area contributed by atoms with Crippen LogP contribution in [0.15, 0.2) is 49.2 Å². The minimum Gasteiger partial charge on any atom is -0.350 e. The molecule has 4 heterocycles. The summed E-state index contributed by atoms with van der Waals surface area (Å²) >= 11 is 0. The van der Waals surface area contributed by atoms with Gasteiger partial charge in [-0.1, -0.05) is 6.92 Å². The van der Waals surface area contributed by atoms with E-state index in [9.17, 15) is 0 Å². The molecule has 4 aromatic rings. The maximum atomic E-state index is 4.66. The Morgan fingerprint density at radius 2 is 1.92 bits per heavy atom. The molecule has 0 amide bonds. The highest BCUT2D eigenvalue weighted by molar-refractivity contribution is 5.80. The van der Waals surface area contributed by atoms with Crippen molar-refractivity contribution >= 4 is 17.1 Å². The van der Waals surface area contributed by atoms with Crippen molar-refractivity contribution < 1.29 is 0 Å². The first-order valence-corrected chi connectivity index (χ1v) is 9.30. The van der Waals surface area contributed by atoms with Gasteiger partial charge in [-0.05, 0) is 49.8 Å². The highest BCUT2D eigenvalue weighted by atomic mass is 15.3. The van der Waals surface area contributed by atoms with E-state index in [1.54, 1.807) is 0 Å². The molecular weight excluding hydrogens is 324 g/mol. The quantitative estimate of drug-likeness (QED) is 0.608. The number of rotatable bonds is 3. The van der Waals surface area contributed by atoms with E-state index in [2.05, 4.69) is 45.6 Å². The third-order valence-electron chi connectivity index (χ3n) is 5.47. The van der Waals surface area contributed by atoms with E-state index < -0.39 is 0 Å². The predicted octanol–water partition coefficient (Wildman–Crippen LogP) is 4.03. The fraction of sp³-hybridized carbons (Fsp3) is 0.350. The lowest BCUT2D eigenvalue weighted by molar-refractivity contribution is 0.360. The van der Waals surface area contributed by atoms with E-state index in [0.29, 0.717) is 12.0 Å². The van der Waals surface area contributed by atoms with Gasteiger partial charge in [-0.2, -0.15) is 0 Å². The summed E-state index contributed by atoms with van der Waals surface area (Å²) in [5.41, 5.74) is 4.20. The summed E-state index contributed by atoms with van der Waals surface area (Å²) in [5, 5.41) is 8.17. The molecule has 5 rings (SSSR count). The van der Waals surface area contributed by atoms with Gasteiger partial charge in [-0.15, -0.1) is 5.10 Å². The van der Waals surface area contributed by atoms with Gasteiger partial charge < -0.3 is 9.72 Å². The molecule has 0 radical (unpaired) electrons. The number of nitrogens with one attached hydrogen (secondary N) is 1. The Morgan fingerprint density at radius 3 is 2.81 bits per heavy atom. The molecule has 6 heteroatoms. The number of hydrogen-bond acceptors (Lipinski definition) is 4. The van der Waals surface area contributed by atoms with Gasteiger partial charge in [0, 0.05) is 42.0 Å². The molecule has 26 heavy (non-hydrogen) atoms. The zero-order valence-electron chi connectivity index (χ0n) is 14.8. The Morgan fingerprint density at radius 1 is 1.04 bits per heavy atom. The molecule has 1 saturated carbocycles. The van der Waals surface area contributed by atoms with Gasteiger partial charge in [0.05, 0.1) is 11.7 Å². The highest BCUT2D eigenvalue weighted by Gasteiger charge is 2.19. The topological polar surface area (TPSA) is 59.5 Å². The Hall–Kier alpha value is -2.89. The minimum atomic E-state index is 0.488. The number of aromatic nitrogens is 5. The molecule has 132 valence electrons. The van der Waals surface area contributed by atoms with Gasteiger partial charge in [0.1, 0.15) is 5.65 Å². The van der Waals surface area contributed by atoms with Crippen LogP contribution in [-0.2, 0) is 0 Å². The van der Waals surface area contributed by atoms with Gasteiger partial charge in [-0.3, -0.25) is 0 Å². The van der Waals surface area contributed by atoms with E-state index >= 15 is 0 Å². The number of imidazole rings is 1. The Bertz CT molecular complexity index is 1050. The maximum Gasteiger partial charge on any atom is 0.241 e. The van der Waals surface area contributed by atoms with Crippen molar-refractivity contribution in [2.45, 2.75) is 38.6 Å². The second kappa shape index (κ2) is 6.12. The van der Waals surface area contributed by atoms with Crippen molar-refractivity contribution in [2.24, 2.45) is 5.92 Å². The van der Waals surface area contributed by atoms with Crippen molar-refractivity contribution in [3.63, 3.8) is 0 Å². The summed E-state index contributed by atoms with van der Waals surface area (Å²) in [6.45, 7) is 2.33. The molecule has 1 aliphatic rings. The molecule has 0 aliphatic heterocycles. The van der Waals surface area contributed by atoms with Crippen LogP contribution >= 0.6 is 0 Å². The van der Waals surface area contributed by atoms with Crippen LogP contribution in [0, 0.1) is 5.92 Å². The molecule has 1 fully saturated rings. The first kappa shape index (κ1) is 15.4. The molecule has 1 N–H and O–H groups in total. The summed E-state index contributed by atoms with van der Waals surface area (Å²) in [7, 11) is 0. The average Bonchev–Trinajstić information content (AvgIpc) is 3.29. The molecular formula is C20H22N6. The third-order valence-corrected chi connectivity index (χ3v) is 5.47. The largest absolute Gasteiger partial charge is 0.350 e. The smallest absolute Gasteiger partial charge is 0.241 e. The number of hydrogen-bond donors (Lipinski definition) is 1. The summed E-state index contributed by atoms with van der Waals surface area (Å²) < 4.78 is 3.94. The van der Waals surface area contributed by atoms with E-state index in [1.807, 2.05) is 39.8 Å². The summed E-state index contributed by atoms with van der Waals surface area (Å²) in [6.07, 6.45) is 14.7. The number of pyridine rings is 1. The van der Waals surface area contributed by atoms with Gasteiger partial charge in [0.2, 0.25) is 5.95 Å². The predicted molar refractivity (Wildman–Crippen MR) is 102 cm³/mol. The van der Waals surface area contributed by atoms with Gasteiger partial charge in [0.15, 0.2) is 0 Å². The van der Waals surface area contributed by atoms with Crippen LogP contribution in [0.25, 0.3) is 22.3 Å². The van der Waals surface area contributed by atoms with Gasteiger partial charge in [0.25, 0.3) is 0 Å². The summed E-state index contributed by atoms with van der Waals surface area (Å²) in [4.78, 5) is 8.87. The first-order valence-electron chi connectivity index (χ1n) is 9.30. The van der Waals surface area contributed by atoms with Crippen molar-refractivity contribution in [3.05, 3.63) is 49.2 Å². The van der Waals surface area contributed by atoms with Crippen LogP contribution < -0.4 is 5.32 Å². The van der Waals surface area contributed by atoms with Crippen molar-refractivity contribution in [1.82, 2.24) is 24.0 Å². The van der Waals surface area contributed by atoms with Crippen LogP contribution in [-0.4, -0.2) is 30.0 Å². The van der Waals surface area contributed by atoms with Crippen molar-refractivity contribution in [2.75, 3.05) is 5.32 Å². The minimum absolute atomic E-state index is 0.488. The molecule has 6 nitrogen and oxygen atoms in total. The SMILES string of the molecule is C[C@H]1CC[C@@H](Nc2ncc3c(-c4ccc5nccn5c4)ccn3n2)CC1. The molecule has 0 spiro atoms. The van der Waals surface area contributed by atoms with Crippen LogP contribution in [0.4, 0.5) is 5.95 Å². The fourth-order valence-electron chi connectivity index (χ4n) is 3.88. The summed E-state index contributed by atoms with van der Waals surface area (Å²) in [6, 6.07) is 6.70. The molecule has 1 aliphatic carbocycles. The highest BCUT2D eigenvalue weighted by Crippen LogP contribution is 2.27. The van der Waals surface area contributed by atoms with Crippen molar-refractivity contribution in [3.8, 4) is 11.1 Å². The van der Waals surface area contributed by atoms with Crippen LogP contribution in [0.2, 0.25) is 0 Å². The molecule has 0 unspecified atom stereocenters. The first-order chi connectivity index (χ1) is 12.8. The Kier molecular flexibility index (Phi) is 3.62. The standard InChI is InChI=1S/C20H22N6/c1-14-2-5-16(6-3-14)23-20-22-12-18-17(8-10-26(18)24-20)15-4-7-19-21-9-11-25(19)13-15/h4,7-14,16H,2-3,5-6H2,1H3,(H,23,24)/t14-,16+. The average molecular weight is 346 g/mol. The van der Waals surface area contributed by atoms with E-state index in [-0.39, 0.29) is 0 Å². The monoisotopic (exact) mass is 346 g/mol. The molecule has 0 aromatic carbocycles. The Labute approximate surface area is 151 Å². The molecule has 0 bridgehead atoms. The normalized spacial score (nSPS) is 20.7. The van der Waals surface area contributed by atoms with Gasteiger partial charge in [-0.25, -0.2) is 14.5 Å². The number of anilines is 1. The van der Waals surface area contributed by atoms with Gasteiger partial charge >= 0.3 is 0 Å². The summed E-state index contributed by atoms with van der Waals surface area (Å²) in [5.74, 6) is 1.56.